The highest BCUT2D eigenvalue weighted by molar-refractivity contribution is 7.12. The Labute approximate surface area is 149 Å². The van der Waals surface area contributed by atoms with E-state index in [0.29, 0.717) is 28.6 Å². The minimum atomic E-state index is -0.456. The van der Waals surface area contributed by atoms with Crippen molar-refractivity contribution in [1.29, 1.82) is 0 Å². The minimum absolute atomic E-state index is 0.171. The van der Waals surface area contributed by atoms with Crippen molar-refractivity contribution in [3.05, 3.63) is 40.6 Å². The first kappa shape index (κ1) is 17.1. The van der Waals surface area contributed by atoms with E-state index in [1.807, 2.05) is 11.4 Å². The van der Waals surface area contributed by atoms with Crippen molar-refractivity contribution in [2.75, 3.05) is 32.2 Å². The molecular weight excluding hydrogens is 344 g/mol. The molecule has 1 unspecified atom stereocenters. The van der Waals surface area contributed by atoms with Gasteiger partial charge in [-0.15, -0.1) is 11.3 Å². The molecule has 2 heterocycles. The number of hydrogen-bond acceptors (Lipinski definition) is 6. The summed E-state index contributed by atoms with van der Waals surface area (Å²) in [5.41, 5.74) is 0.648. The third kappa shape index (κ3) is 3.69. The van der Waals surface area contributed by atoms with Gasteiger partial charge < -0.3 is 19.5 Å². The van der Waals surface area contributed by atoms with Crippen molar-refractivity contribution in [2.45, 2.75) is 6.10 Å². The Balaban J connectivity index is 1.63. The predicted octanol–water partition coefficient (Wildman–Crippen LogP) is 2.52. The number of methoxy groups -OCH3 is 2. The molecular formula is C17H18N2O5S. The lowest BCUT2D eigenvalue weighted by Gasteiger charge is -2.15. The average molecular weight is 362 g/mol. The van der Waals surface area contributed by atoms with Crippen LogP contribution < -0.4 is 19.7 Å². The quantitative estimate of drug-likeness (QED) is 0.854. The fourth-order valence-corrected chi connectivity index (χ4v) is 3.17. The Kier molecular flexibility index (Phi) is 5.08. The average Bonchev–Trinajstić information content (AvgIpc) is 3.29. The van der Waals surface area contributed by atoms with Gasteiger partial charge in [-0.25, -0.2) is 4.79 Å². The molecule has 0 spiro atoms. The first-order valence-electron chi connectivity index (χ1n) is 7.64. The predicted molar refractivity (Wildman–Crippen MR) is 93.8 cm³/mol. The number of thiophene rings is 1. The van der Waals surface area contributed by atoms with Gasteiger partial charge in [-0.05, 0) is 23.6 Å². The third-order valence-corrected chi connectivity index (χ3v) is 4.66. The van der Waals surface area contributed by atoms with Gasteiger partial charge >= 0.3 is 6.09 Å². The summed E-state index contributed by atoms with van der Waals surface area (Å²) < 4.78 is 15.8. The number of cyclic esters (lactones) is 1. The molecule has 2 aromatic rings. The number of carbonyl (C=O) groups excluding carboxylic acids is 2. The van der Waals surface area contributed by atoms with Gasteiger partial charge in [0, 0.05) is 6.07 Å². The zero-order valence-electron chi connectivity index (χ0n) is 13.9. The van der Waals surface area contributed by atoms with E-state index in [4.69, 9.17) is 14.2 Å². The van der Waals surface area contributed by atoms with Crippen LogP contribution in [-0.4, -0.2) is 45.4 Å². The summed E-state index contributed by atoms with van der Waals surface area (Å²) in [6.07, 6.45) is -0.868. The van der Waals surface area contributed by atoms with Gasteiger partial charge in [0.15, 0.2) is 11.5 Å². The number of rotatable bonds is 6. The summed E-state index contributed by atoms with van der Waals surface area (Å²) in [6, 6.07) is 8.76. The molecule has 1 fully saturated rings. The number of carbonyl (C=O) groups is 2. The molecule has 2 amide bonds. The highest BCUT2D eigenvalue weighted by atomic mass is 32.1. The second kappa shape index (κ2) is 7.43. The SMILES string of the molecule is COc1ccc(N2CC(CNC(=O)c3cccs3)OC2=O)cc1OC. The van der Waals surface area contributed by atoms with Crippen LogP contribution >= 0.6 is 11.3 Å². The molecule has 0 bridgehead atoms. The first-order chi connectivity index (χ1) is 12.1. The highest BCUT2D eigenvalue weighted by Gasteiger charge is 2.33. The van der Waals surface area contributed by atoms with E-state index in [0.717, 1.165) is 0 Å². The van der Waals surface area contributed by atoms with Gasteiger partial charge in [0.25, 0.3) is 5.91 Å². The normalized spacial score (nSPS) is 16.5. The van der Waals surface area contributed by atoms with E-state index in [9.17, 15) is 9.59 Å². The van der Waals surface area contributed by atoms with Crippen LogP contribution in [0, 0.1) is 0 Å². The van der Waals surface area contributed by atoms with Gasteiger partial charge in [-0.1, -0.05) is 6.07 Å². The molecule has 1 atom stereocenters. The summed E-state index contributed by atoms with van der Waals surface area (Å²) in [7, 11) is 3.08. The van der Waals surface area contributed by atoms with Gasteiger partial charge in [0.1, 0.15) is 6.10 Å². The van der Waals surface area contributed by atoms with Crippen LogP contribution in [0.25, 0.3) is 0 Å². The van der Waals surface area contributed by atoms with E-state index in [2.05, 4.69) is 5.32 Å². The number of benzene rings is 1. The maximum absolute atomic E-state index is 12.1. The van der Waals surface area contributed by atoms with E-state index < -0.39 is 12.2 Å². The maximum atomic E-state index is 12.1. The van der Waals surface area contributed by atoms with E-state index in [-0.39, 0.29) is 12.5 Å². The number of amides is 2. The zero-order chi connectivity index (χ0) is 17.8. The number of anilines is 1. The molecule has 0 aliphatic carbocycles. The van der Waals surface area contributed by atoms with Crippen molar-refractivity contribution >= 4 is 29.0 Å². The molecule has 1 saturated heterocycles. The van der Waals surface area contributed by atoms with Crippen molar-refractivity contribution in [3.63, 3.8) is 0 Å². The van der Waals surface area contributed by atoms with Crippen molar-refractivity contribution < 1.29 is 23.8 Å². The van der Waals surface area contributed by atoms with Crippen molar-refractivity contribution in [3.8, 4) is 11.5 Å². The van der Waals surface area contributed by atoms with Gasteiger partial charge in [0.2, 0.25) is 0 Å². The first-order valence-corrected chi connectivity index (χ1v) is 8.52. The monoisotopic (exact) mass is 362 g/mol. The Morgan fingerprint density at radius 2 is 2.12 bits per heavy atom. The standard InChI is InChI=1S/C17H18N2O5S/c1-22-13-6-5-11(8-14(13)23-2)19-10-12(24-17(19)21)9-18-16(20)15-4-3-7-25-15/h3-8,12H,9-10H2,1-2H3,(H,18,20). The van der Waals surface area contributed by atoms with Crippen LogP contribution in [0.1, 0.15) is 9.67 Å². The summed E-state index contributed by atoms with van der Waals surface area (Å²) in [5, 5.41) is 4.62. The Bertz CT molecular complexity index is 762. The summed E-state index contributed by atoms with van der Waals surface area (Å²) in [5.74, 6) is 0.941. The Morgan fingerprint density at radius 3 is 2.80 bits per heavy atom. The Morgan fingerprint density at radius 1 is 1.32 bits per heavy atom. The smallest absolute Gasteiger partial charge is 0.414 e. The van der Waals surface area contributed by atoms with E-state index in [1.54, 1.807) is 31.4 Å². The lowest BCUT2D eigenvalue weighted by atomic mass is 10.2. The molecule has 1 aromatic carbocycles. The topological polar surface area (TPSA) is 77.1 Å². The molecule has 1 aliphatic rings. The lowest BCUT2D eigenvalue weighted by molar-refractivity contribution is 0.0920. The number of nitrogens with one attached hydrogen (secondary N) is 1. The Hall–Kier alpha value is -2.74. The summed E-state index contributed by atoms with van der Waals surface area (Å²) >= 11 is 1.36. The van der Waals surface area contributed by atoms with Gasteiger partial charge in [0.05, 0.1) is 37.9 Å². The molecule has 132 valence electrons. The number of hydrogen-bond donors (Lipinski definition) is 1. The van der Waals surface area contributed by atoms with E-state index in [1.165, 1.54) is 23.3 Å². The van der Waals surface area contributed by atoms with Crippen LogP contribution in [0.4, 0.5) is 10.5 Å². The van der Waals surface area contributed by atoms with E-state index >= 15 is 0 Å². The third-order valence-electron chi connectivity index (χ3n) is 3.79. The second-order valence-corrected chi connectivity index (χ2v) is 6.29. The van der Waals surface area contributed by atoms with Crippen LogP contribution in [0.2, 0.25) is 0 Å². The van der Waals surface area contributed by atoms with Gasteiger partial charge in [-0.3, -0.25) is 9.69 Å². The fraction of sp³-hybridized carbons (Fsp3) is 0.294. The minimum Gasteiger partial charge on any atom is -0.493 e. The molecule has 25 heavy (non-hydrogen) atoms. The largest absolute Gasteiger partial charge is 0.493 e. The van der Waals surface area contributed by atoms with Crippen LogP contribution in [-0.2, 0) is 4.74 Å². The molecule has 0 radical (unpaired) electrons. The molecule has 3 rings (SSSR count). The van der Waals surface area contributed by atoms with Crippen LogP contribution in [0.3, 0.4) is 0 Å². The molecule has 8 heteroatoms. The van der Waals surface area contributed by atoms with Gasteiger partial charge in [-0.2, -0.15) is 0 Å². The van der Waals surface area contributed by atoms with Crippen molar-refractivity contribution in [2.24, 2.45) is 0 Å². The number of ether oxygens (including phenoxy) is 3. The molecule has 1 aromatic heterocycles. The zero-order valence-corrected chi connectivity index (χ0v) is 14.7. The molecule has 1 aliphatic heterocycles. The van der Waals surface area contributed by atoms with Crippen molar-refractivity contribution in [1.82, 2.24) is 5.32 Å². The summed E-state index contributed by atoms with van der Waals surface area (Å²) in [6.45, 7) is 0.602. The summed E-state index contributed by atoms with van der Waals surface area (Å²) in [4.78, 5) is 26.2. The van der Waals surface area contributed by atoms with Crippen LogP contribution in [0.5, 0.6) is 11.5 Å². The number of nitrogens with zero attached hydrogens (tertiary/aromatic N) is 1. The second-order valence-electron chi connectivity index (χ2n) is 5.34. The highest BCUT2D eigenvalue weighted by Crippen LogP contribution is 2.33. The molecule has 0 saturated carbocycles. The fourth-order valence-electron chi connectivity index (χ4n) is 2.53. The molecule has 1 N–H and O–H groups in total. The lowest BCUT2D eigenvalue weighted by Crippen LogP contribution is -2.34. The molecule has 7 nitrogen and oxygen atoms in total. The van der Waals surface area contributed by atoms with Crippen LogP contribution in [0.15, 0.2) is 35.7 Å². The maximum Gasteiger partial charge on any atom is 0.414 e.